The normalized spacial score (nSPS) is 19.2. The number of halogens is 3. The number of hydrogen-bond acceptors (Lipinski definition) is 5. The van der Waals surface area contributed by atoms with Crippen LogP contribution in [0.15, 0.2) is 12.7 Å². The highest BCUT2D eigenvalue weighted by atomic mass is 19.4. The Labute approximate surface area is 123 Å². The lowest BCUT2D eigenvalue weighted by Gasteiger charge is -2.25. The van der Waals surface area contributed by atoms with E-state index in [9.17, 15) is 18.0 Å². The molecule has 1 aliphatic heterocycles. The number of alkyl halides is 3. The van der Waals surface area contributed by atoms with E-state index < -0.39 is 24.7 Å². The van der Waals surface area contributed by atoms with Crippen LogP contribution in [0.3, 0.4) is 0 Å². The molecule has 1 N–H and O–H groups in total. The van der Waals surface area contributed by atoms with E-state index in [4.69, 9.17) is 0 Å². The summed E-state index contributed by atoms with van der Waals surface area (Å²) in [5.74, 6) is -0.110. The van der Waals surface area contributed by atoms with E-state index in [0.717, 1.165) is 4.90 Å². The van der Waals surface area contributed by atoms with Gasteiger partial charge in [-0.05, 0) is 6.42 Å². The van der Waals surface area contributed by atoms with Crippen LogP contribution >= 0.6 is 0 Å². The maximum Gasteiger partial charge on any atom is 0.406 e. The molecule has 3 rings (SSSR count). The molecule has 22 heavy (non-hydrogen) atoms. The number of nitrogens with zero attached hydrogens (tertiary/aromatic N) is 5. The fourth-order valence-electron chi connectivity index (χ4n) is 2.62. The zero-order chi connectivity index (χ0) is 15.9. The molecule has 1 fully saturated rings. The summed E-state index contributed by atoms with van der Waals surface area (Å²) in [6, 6.07) is -0.677. The van der Waals surface area contributed by atoms with Crippen molar-refractivity contribution in [2.75, 3.05) is 25.0 Å². The molecule has 0 bridgehead atoms. The molecular weight excluding hydrogens is 301 g/mol. The Kier molecular flexibility index (Phi) is 3.38. The minimum Gasteiger partial charge on any atom is -0.346 e. The Morgan fingerprint density at radius 3 is 2.91 bits per heavy atom. The quantitative estimate of drug-likeness (QED) is 0.913. The minimum atomic E-state index is -4.39. The summed E-state index contributed by atoms with van der Waals surface area (Å²) in [7, 11) is 1.63. The summed E-state index contributed by atoms with van der Waals surface area (Å²) in [5.41, 5.74) is 0.988. The van der Waals surface area contributed by atoms with Crippen LogP contribution in [-0.4, -0.2) is 63.1 Å². The number of carbonyl (C=O) groups excluding carboxylic acids is 1. The van der Waals surface area contributed by atoms with Crippen molar-refractivity contribution in [3.8, 4) is 0 Å². The lowest BCUT2D eigenvalue weighted by Crippen LogP contribution is -2.43. The Morgan fingerprint density at radius 2 is 2.18 bits per heavy atom. The molecule has 1 atom stereocenters. The van der Waals surface area contributed by atoms with E-state index in [1.54, 1.807) is 11.9 Å². The number of anilines is 1. The van der Waals surface area contributed by atoms with Crippen molar-refractivity contribution in [2.24, 2.45) is 0 Å². The van der Waals surface area contributed by atoms with Crippen molar-refractivity contribution >= 4 is 22.9 Å². The second kappa shape index (κ2) is 5.11. The third-order valence-corrected chi connectivity index (χ3v) is 3.64. The van der Waals surface area contributed by atoms with E-state index >= 15 is 0 Å². The second-order valence-corrected chi connectivity index (χ2v) is 5.09. The molecule has 0 unspecified atom stereocenters. The standard InChI is InChI=1S/C12H13F3N6O/c1-20(10-8-9(17-5-16-8)18-6-19-10)7-2-3-21(11(7)22)4-12(13,14)15/h5-7H,2-4H2,1H3,(H,16,17,18,19)/t7-/m0/s1. The van der Waals surface area contributed by atoms with Crippen molar-refractivity contribution in [1.82, 2.24) is 24.8 Å². The lowest BCUT2D eigenvalue weighted by molar-refractivity contribution is -0.157. The van der Waals surface area contributed by atoms with E-state index in [-0.39, 0.29) is 6.54 Å². The summed E-state index contributed by atoms with van der Waals surface area (Å²) in [6.07, 6.45) is -1.33. The van der Waals surface area contributed by atoms with Crippen LogP contribution in [-0.2, 0) is 4.79 Å². The first kappa shape index (κ1) is 14.5. The molecule has 10 heteroatoms. The van der Waals surface area contributed by atoms with Crippen molar-refractivity contribution in [3.63, 3.8) is 0 Å². The van der Waals surface area contributed by atoms with Gasteiger partial charge < -0.3 is 14.8 Å². The first-order valence-electron chi connectivity index (χ1n) is 6.59. The number of hydrogen-bond donors (Lipinski definition) is 1. The Balaban J connectivity index is 1.83. The highest BCUT2D eigenvalue weighted by Gasteiger charge is 2.41. The van der Waals surface area contributed by atoms with Crippen LogP contribution in [0.25, 0.3) is 11.2 Å². The number of H-pyrrole nitrogens is 1. The maximum atomic E-state index is 12.5. The molecule has 0 aromatic carbocycles. The zero-order valence-corrected chi connectivity index (χ0v) is 11.6. The molecule has 2 aromatic rings. The van der Waals surface area contributed by atoms with Crippen LogP contribution in [0.1, 0.15) is 6.42 Å². The third-order valence-electron chi connectivity index (χ3n) is 3.64. The van der Waals surface area contributed by atoms with Gasteiger partial charge in [0.1, 0.15) is 24.4 Å². The smallest absolute Gasteiger partial charge is 0.346 e. The highest BCUT2D eigenvalue weighted by Crippen LogP contribution is 2.27. The summed E-state index contributed by atoms with van der Waals surface area (Å²) >= 11 is 0. The van der Waals surface area contributed by atoms with Crippen LogP contribution in [0.5, 0.6) is 0 Å². The summed E-state index contributed by atoms with van der Waals surface area (Å²) < 4.78 is 37.4. The molecule has 0 spiro atoms. The molecule has 1 saturated heterocycles. The number of fused-ring (bicyclic) bond motifs is 1. The third kappa shape index (κ3) is 2.55. The largest absolute Gasteiger partial charge is 0.406 e. The topological polar surface area (TPSA) is 78.0 Å². The van der Waals surface area contributed by atoms with E-state index in [1.807, 2.05) is 0 Å². The summed E-state index contributed by atoms with van der Waals surface area (Å²) in [6.45, 7) is -1.15. The molecule has 118 valence electrons. The fraction of sp³-hybridized carbons (Fsp3) is 0.500. The van der Waals surface area contributed by atoms with Gasteiger partial charge in [0.2, 0.25) is 5.91 Å². The first-order valence-corrected chi connectivity index (χ1v) is 6.59. The van der Waals surface area contributed by atoms with Crippen molar-refractivity contribution < 1.29 is 18.0 Å². The number of carbonyl (C=O) groups is 1. The van der Waals surface area contributed by atoms with Gasteiger partial charge in [0.15, 0.2) is 11.5 Å². The van der Waals surface area contributed by atoms with Crippen LogP contribution in [0, 0.1) is 0 Å². The molecule has 7 nitrogen and oxygen atoms in total. The van der Waals surface area contributed by atoms with Gasteiger partial charge in [-0.2, -0.15) is 13.2 Å². The minimum absolute atomic E-state index is 0.0740. The number of likely N-dealkylation sites (N-methyl/N-ethyl adjacent to an activating group) is 1. The molecule has 1 aliphatic rings. The van der Waals surface area contributed by atoms with Gasteiger partial charge in [-0.1, -0.05) is 0 Å². The number of likely N-dealkylation sites (tertiary alicyclic amines) is 1. The van der Waals surface area contributed by atoms with Crippen LogP contribution in [0.2, 0.25) is 0 Å². The first-order chi connectivity index (χ1) is 10.4. The van der Waals surface area contributed by atoms with Gasteiger partial charge in [0.05, 0.1) is 6.33 Å². The summed E-state index contributed by atoms with van der Waals surface area (Å²) in [4.78, 5) is 29.5. The molecular formula is C12H13F3N6O. The van der Waals surface area contributed by atoms with Crippen LogP contribution in [0.4, 0.5) is 19.0 Å². The number of nitrogens with one attached hydrogen (secondary N) is 1. The monoisotopic (exact) mass is 314 g/mol. The van der Waals surface area contributed by atoms with Crippen LogP contribution < -0.4 is 4.90 Å². The van der Waals surface area contributed by atoms with Crippen molar-refractivity contribution in [3.05, 3.63) is 12.7 Å². The highest BCUT2D eigenvalue weighted by molar-refractivity contribution is 5.90. The zero-order valence-electron chi connectivity index (χ0n) is 11.6. The molecule has 1 amide bonds. The Bertz CT molecular complexity index is 699. The van der Waals surface area contributed by atoms with Gasteiger partial charge in [-0.3, -0.25) is 4.79 Å². The lowest BCUT2D eigenvalue weighted by atomic mass is 10.2. The maximum absolute atomic E-state index is 12.5. The van der Waals surface area contributed by atoms with E-state index in [1.165, 1.54) is 12.7 Å². The van der Waals surface area contributed by atoms with Gasteiger partial charge in [0.25, 0.3) is 0 Å². The molecule has 2 aromatic heterocycles. The van der Waals surface area contributed by atoms with Gasteiger partial charge >= 0.3 is 6.18 Å². The number of imidazole rings is 1. The number of aromatic nitrogens is 4. The number of rotatable bonds is 3. The average Bonchev–Trinajstić information content (AvgIpc) is 3.04. The number of amides is 1. The predicted molar refractivity (Wildman–Crippen MR) is 71.1 cm³/mol. The van der Waals surface area contributed by atoms with Gasteiger partial charge in [-0.15, -0.1) is 0 Å². The molecule has 0 saturated carbocycles. The van der Waals surface area contributed by atoms with E-state index in [2.05, 4.69) is 19.9 Å². The predicted octanol–water partition coefficient (Wildman–Crippen LogP) is 0.952. The second-order valence-electron chi connectivity index (χ2n) is 5.09. The van der Waals surface area contributed by atoms with Gasteiger partial charge in [0, 0.05) is 13.6 Å². The van der Waals surface area contributed by atoms with Crippen molar-refractivity contribution in [2.45, 2.75) is 18.6 Å². The Hall–Kier alpha value is -2.39. The molecule has 0 radical (unpaired) electrons. The average molecular weight is 314 g/mol. The van der Waals surface area contributed by atoms with Crippen molar-refractivity contribution in [1.29, 1.82) is 0 Å². The fourth-order valence-corrected chi connectivity index (χ4v) is 2.62. The molecule has 0 aliphatic carbocycles. The SMILES string of the molecule is CN(c1ncnc2nc[nH]c12)[C@H]1CCN(CC(F)(F)F)C1=O. The molecule has 3 heterocycles. The van der Waals surface area contributed by atoms with Gasteiger partial charge in [-0.25, -0.2) is 15.0 Å². The number of aromatic amines is 1. The van der Waals surface area contributed by atoms with E-state index in [0.29, 0.717) is 23.4 Å². The summed E-state index contributed by atoms with van der Waals surface area (Å²) in [5, 5.41) is 0. The Morgan fingerprint density at radius 1 is 1.41 bits per heavy atom.